The van der Waals surface area contributed by atoms with Gasteiger partial charge in [0.15, 0.2) is 0 Å². The summed E-state index contributed by atoms with van der Waals surface area (Å²) in [5.41, 5.74) is 2.70. The number of hydrogen-bond acceptors (Lipinski definition) is 4. The molecule has 140 valence electrons. The van der Waals surface area contributed by atoms with Crippen molar-refractivity contribution >= 4 is 11.6 Å². The van der Waals surface area contributed by atoms with E-state index in [4.69, 9.17) is 21.1 Å². The third-order valence-corrected chi connectivity index (χ3v) is 5.69. The van der Waals surface area contributed by atoms with Crippen LogP contribution in [-0.2, 0) is 24.1 Å². The normalized spacial score (nSPS) is 25.6. The van der Waals surface area contributed by atoms with Crippen LogP contribution < -0.4 is 4.74 Å². The molecule has 2 aromatic rings. The monoisotopic (exact) mass is 375 g/mol. The van der Waals surface area contributed by atoms with E-state index in [0.29, 0.717) is 11.1 Å². The molecular weight excluding hydrogens is 350 g/mol. The van der Waals surface area contributed by atoms with E-state index in [2.05, 4.69) is 35.1 Å². The molecule has 0 saturated carbocycles. The quantitative estimate of drug-likeness (QED) is 0.804. The van der Waals surface area contributed by atoms with Crippen molar-refractivity contribution in [3.05, 3.63) is 46.7 Å². The van der Waals surface area contributed by atoms with Crippen LogP contribution in [0, 0.1) is 0 Å². The average Bonchev–Trinajstić information content (AvgIpc) is 3.04. The fraction of sp³-hybridized carbons (Fsp3) is 0.550. The topological polar surface area (TPSA) is 39.5 Å². The van der Waals surface area contributed by atoms with E-state index in [-0.39, 0.29) is 12.2 Å². The maximum Gasteiger partial charge on any atom is 0.122 e. The van der Waals surface area contributed by atoms with Gasteiger partial charge < -0.3 is 9.47 Å². The number of hydrogen-bond donors (Lipinski definition) is 0. The van der Waals surface area contributed by atoms with Crippen molar-refractivity contribution in [3.63, 3.8) is 0 Å². The lowest BCUT2D eigenvalue weighted by atomic mass is 9.83. The summed E-state index contributed by atoms with van der Waals surface area (Å²) in [6.07, 6.45) is 6.93. The zero-order valence-corrected chi connectivity index (χ0v) is 16.2. The Labute approximate surface area is 159 Å². The summed E-state index contributed by atoms with van der Waals surface area (Å²) >= 11 is 6.01. The van der Waals surface area contributed by atoms with E-state index >= 15 is 0 Å². The summed E-state index contributed by atoms with van der Waals surface area (Å²) in [7, 11) is 1.75. The largest absolute Gasteiger partial charge is 0.496 e. The summed E-state index contributed by atoms with van der Waals surface area (Å²) in [6, 6.07) is 6.81. The molecule has 2 aliphatic rings. The molecule has 4 rings (SSSR count). The lowest BCUT2D eigenvalue weighted by Crippen LogP contribution is -2.58. The molecule has 5 nitrogen and oxygen atoms in total. The number of nitrogens with zero attached hydrogens (tertiary/aromatic N) is 3. The first-order chi connectivity index (χ1) is 12.7. The second-order valence-corrected chi connectivity index (χ2v) is 7.68. The highest BCUT2D eigenvalue weighted by Crippen LogP contribution is 2.35. The Kier molecular flexibility index (Phi) is 5.20. The molecule has 0 spiro atoms. The Morgan fingerprint density at radius 1 is 1.35 bits per heavy atom. The van der Waals surface area contributed by atoms with Crippen molar-refractivity contribution in [3.8, 4) is 5.75 Å². The minimum Gasteiger partial charge on any atom is -0.496 e. The molecule has 26 heavy (non-hydrogen) atoms. The maximum atomic E-state index is 6.54. The molecule has 0 bridgehead atoms. The molecule has 0 amide bonds. The predicted octanol–water partition coefficient (Wildman–Crippen LogP) is 3.19. The van der Waals surface area contributed by atoms with Gasteiger partial charge >= 0.3 is 0 Å². The van der Waals surface area contributed by atoms with Gasteiger partial charge in [-0.25, -0.2) is 0 Å². The van der Waals surface area contributed by atoms with Gasteiger partial charge in [-0.3, -0.25) is 9.58 Å². The molecule has 3 atom stereocenters. The molecule has 0 radical (unpaired) electrons. The molecule has 1 fully saturated rings. The van der Waals surface area contributed by atoms with E-state index < -0.39 is 0 Å². The number of rotatable bonds is 5. The van der Waals surface area contributed by atoms with Crippen LogP contribution >= 0.6 is 11.6 Å². The van der Waals surface area contributed by atoms with Crippen molar-refractivity contribution in [1.82, 2.24) is 14.7 Å². The smallest absolute Gasteiger partial charge is 0.122 e. The molecule has 1 aromatic carbocycles. The van der Waals surface area contributed by atoms with Crippen LogP contribution in [0.2, 0.25) is 5.02 Å². The fourth-order valence-corrected chi connectivity index (χ4v) is 4.56. The molecule has 1 aliphatic heterocycles. The van der Waals surface area contributed by atoms with Crippen molar-refractivity contribution in [2.75, 3.05) is 20.2 Å². The Bertz CT molecular complexity index is 763. The summed E-state index contributed by atoms with van der Waals surface area (Å²) in [5, 5.41) is 4.98. The predicted molar refractivity (Wildman–Crippen MR) is 102 cm³/mol. The first-order valence-electron chi connectivity index (χ1n) is 9.40. The molecular formula is C20H26ClN3O2. The van der Waals surface area contributed by atoms with Crippen LogP contribution in [0.3, 0.4) is 0 Å². The number of morpholine rings is 1. The first-order valence-corrected chi connectivity index (χ1v) is 9.78. The highest BCUT2D eigenvalue weighted by atomic mass is 35.5. The second kappa shape index (κ2) is 7.59. The number of benzene rings is 1. The van der Waals surface area contributed by atoms with Crippen LogP contribution in [0.1, 0.15) is 24.5 Å². The Balaban J connectivity index is 1.57. The van der Waals surface area contributed by atoms with E-state index in [1.165, 1.54) is 11.1 Å². The minimum atomic E-state index is 0.120. The van der Waals surface area contributed by atoms with Gasteiger partial charge in [-0.15, -0.1) is 0 Å². The van der Waals surface area contributed by atoms with Crippen molar-refractivity contribution in [2.24, 2.45) is 0 Å². The summed E-state index contributed by atoms with van der Waals surface area (Å²) < 4.78 is 14.0. The minimum absolute atomic E-state index is 0.120. The first kappa shape index (κ1) is 17.8. The number of halogens is 1. The van der Waals surface area contributed by atoms with Gasteiger partial charge in [0.25, 0.3) is 0 Å². The number of ether oxygens (including phenoxy) is 2. The molecule has 2 heterocycles. The van der Waals surface area contributed by atoms with Crippen LogP contribution in [0.25, 0.3) is 0 Å². The summed E-state index contributed by atoms with van der Waals surface area (Å²) in [6.45, 7) is 5.01. The molecule has 1 aliphatic carbocycles. The standard InChI is InChI=1S/C20H26ClN3O2/c1-3-7-23-12-16(13-24-11-15(21)10-22-24)26-20-9-17-14(8-18(20)23)5-4-6-19(17)25-2/h4-6,10-11,16,18,20H,3,7-9,12-13H2,1-2H3/t16-,18-,20-/m1/s1. The van der Waals surface area contributed by atoms with Gasteiger partial charge in [0.1, 0.15) is 5.75 Å². The maximum absolute atomic E-state index is 6.54. The van der Waals surface area contributed by atoms with Gasteiger partial charge in [-0.1, -0.05) is 30.7 Å². The molecule has 0 N–H and O–H groups in total. The van der Waals surface area contributed by atoms with Gasteiger partial charge in [0.05, 0.1) is 37.1 Å². The highest BCUT2D eigenvalue weighted by molar-refractivity contribution is 6.30. The van der Waals surface area contributed by atoms with E-state index in [9.17, 15) is 0 Å². The van der Waals surface area contributed by atoms with Gasteiger partial charge in [0.2, 0.25) is 0 Å². The SMILES string of the molecule is CCCN1C[C@H](Cn2cc(Cl)cn2)O[C@@H]2Cc3c(cccc3OC)C[C@H]21. The third-order valence-electron chi connectivity index (χ3n) is 5.49. The van der Waals surface area contributed by atoms with Crippen LogP contribution in [-0.4, -0.2) is 53.1 Å². The number of methoxy groups -OCH3 is 1. The highest BCUT2D eigenvalue weighted by Gasteiger charge is 2.40. The van der Waals surface area contributed by atoms with E-state index in [1.807, 2.05) is 10.9 Å². The van der Waals surface area contributed by atoms with Crippen molar-refractivity contribution in [2.45, 2.75) is 51.0 Å². The second-order valence-electron chi connectivity index (χ2n) is 7.25. The average molecular weight is 376 g/mol. The van der Waals surface area contributed by atoms with Crippen molar-refractivity contribution in [1.29, 1.82) is 0 Å². The van der Waals surface area contributed by atoms with Gasteiger partial charge in [0, 0.05) is 25.2 Å². The van der Waals surface area contributed by atoms with Gasteiger partial charge in [-0.05, 0) is 36.6 Å². The fourth-order valence-electron chi connectivity index (χ4n) is 4.40. The summed E-state index contributed by atoms with van der Waals surface area (Å²) in [5.74, 6) is 0.979. The molecule has 1 saturated heterocycles. The van der Waals surface area contributed by atoms with Gasteiger partial charge in [-0.2, -0.15) is 5.10 Å². The van der Waals surface area contributed by atoms with Crippen LogP contribution in [0.5, 0.6) is 5.75 Å². The van der Waals surface area contributed by atoms with Crippen LogP contribution in [0.15, 0.2) is 30.6 Å². The van der Waals surface area contributed by atoms with E-state index in [0.717, 1.165) is 44.6 Å². The van der Waals surface area contributed by atoms with Crippen molar-refractivity contribution < 1.29 is 9.47 Å². The molecule has 6 heteroatoms. The molecule has 0 unspecified atom stereocenters. The zero-order chi connectivity index (χ0) is 18.1. The zero-order valence-electron chi connectivity index (χ0n) is 15.4. The summed E-state index contributed by atoms with van der Waals surface area (Å²) in [4.78, 5) is 2.60. The lowest BCUT2D eigenvalue weighted by molar-refractivity contribution is -0.128. The Hall–Kier alpha value is -1.56. The lowest BCUT2D eigenvalue weighted by Gasteiger charge is -2.47. The Morgan fingerprint density at radius 2 is 2.23 bits per heavy atom. The third kappa shape index (κ3) is 3.48. The van der Waals surface area contributed by atoms with E-state index in [1.54, 1.807) is 13.3 Å². The number of aromatic nitrogens is 2. The van der Waals surface area contributed by atoms with Crippen LogP contribution in [0.4, 0.5) is 0 Å². The Morgan fingerprint density at radius 3 is 2.96 bits per heavy atom. The molecule has 1 aromatic heterocycles. The number of fused-ring (bicyclic) bond motifs is 2.